The van der Waals surface area contributed by atoms with Crippen LogP contribution in [0.5, 0.6) is 0 Å². The molecule has 0 unspecified atom stereocenters. The minimum Gasteiger partial charge on any atom is -0.282 e. The summed E-state index contributed by atoms with van der Waals surface area (Å²) in [5, 5.41) is 0. The summed E-state index contributed by atoms with van der Waals surface area (Å²) in [6, 6.07) is 4.54. The molecule has 0 spiro atoms. The average Bonchev–Trinajstić information content (AvgIpc) is 2.15. The van der Waals surface area contributed by atoms with Gasteiger partial charge >= 0.3 is 0 Å². The Bertz CT molecular complexity index is 473. The summed E-state index contributed by atoms with van der Waals surface area (Å²) in [5.41, 5.74) is 1.79. The van der Waals surface area contributed by atoms with Crippen LogP contribution < -0.4 is 0 Å². The average molecular weight is 226 g/mol. The van der Waals surface area contributed by atoms with E-state index >= 15 is 0 Å². The lowest BCUT2D eigenvalue weighted by Crippen LogP contribution is -1.98. The van der Waals surface area contributed by atoms with Gasteiger partial charge in [-0.2, -0.15) is 8.42 Å². The van der Waals surface area contributed by atoms with Gasteiger partial charge < -0.3 is 0 Å². The van der Waals surface area contributed by atoms with Gasteiger partial charge in [-0.1, -0.05) is 25.1 Å². The SMILES string of the molecule is CCC=Cc1cc(S(=O)(=O)O)ccc1C. The van der Waals surface area contributed by atoms with Gasteiger partial charge in [-0.3, -0.25) is 4.55 Å². The summed E-state index contributed by atoms with van der Waals surface area (Å²) < 4.78 is 30.7. The van der Waals surface area contributed by atoms with Crippen LogP contribution in [0.1, 0.15) is 24.5 Å². The Morgan fingerprint density at radius 3 is 2.60 bits per heavy atom. The third-order valence-corrected chi connectivity index (χ3v) is 2.93. The van der Waals surface area contributed by atoms with Crippen LogP contribution in [0.3, 0.4) is 0 Å². The molecule has 0 saturated carbocycles. The molecule has 0 aliphatic rings. The van der Waals surface area contributed by atoms with Gasteiger partial charge in [-0.25, -0.2) is 0 Å². The Labute approximate surface area is 90.2 Å². The normalized spacial score (nSPS) is 12.2. The summed E-state index contributed by atoms with van der Waals surface area (Å²) in [4.78, 5) is -0.0659. The van der Waals surface area contributed by atoms with E-state index in [-0.39, 0.29) is 4.90 Å². The van der Waals surface area contributed by atoms with Crippen LogP contribution in [-0.4, -0.2) is 13.0 Å². The van der Waals surface area contributed by atoms with E-state index in [0.717, 1.165) is 17.5 Å². The highest BCUT2D eigenvalue weighted by Crippen LogP contribution is 2.16. The van der Waals surface area contributed by atoms with E-state index in [9.17, 15) is 8.42 Å². The molecule has 0 radical (unpaired) electrons. The van der Waals surface area contributed by atoms with E-state index in [0.29, 0.717) is 0 Å². The topological polar surface area (TPSA) is 54.4 Å². The molecular weight excluding hydrogens is 212 g/mol. The van der Waals surface area contributed by atoms with Crippen molar-refractivity contribution in [3.8, 4) is 0 Å². The first-order chi connectivity index (χ1) is 6.95. The van der Waals surface area contributed by atoms with Gasteiger partial charge in [-0.15, -0.1) is 0 Å². The molecule has 1 aromatic rings. The molecule has 0 heterocycles. The molecule has 82 valence electrons. The van der Waals surface area contributed by atoms with Crippen molar-refractivity contribution < 1.29 is 13.0 Å². The Kier molecular flexibility index (Phi) is 3.66. The quantitative estimate of drug-likeness (QED) is 0.806. The molecule has 15 heavy (non-hydrogen) atoms. The largest absolute Gasteiger partial charge is 0.294 e. The van der Waals surface area contributed by atoms with Crippen molar-refractivity contribution in [3.05, 3.63) is 35.4 Å². The molecule has 4 heteroatoms. The lowest BCUT2D eigenvalue weighted by atomic mass is 10.1. The monoisotopic (exact) mass is 226 g/mol. The highest BCUT2D eigenvalue weighted by atomic mass is 32.2. The van der Waals surface area contributed by atoms with Crippen molar-refractivity contribution in [2.45, 2.75) is 25.2 Å². The molecule has 0 fully saturated rings. The molecule has 3 nitrogen and oxygen atoms in total. The molecular formula is C11H14O3S. The Morgan fingerprint density at radius 2 is 2.07 bits per heavy atom. The molecule has 0 saturated heterocycles. The molecule has 0 aliphatic heterocycles. The zero-order chi connectivity index (χ0) is 11.5. The van der Waals surface area contributed by atoms with Crippen molar-refractivity contribution in [2.75, 3.05) is 0 Å². The maximum Gasteiger partial charge on any atom is 0.294 e. The lowest BCUT2D eigenvalue weighted by molar-refractivity contribution is 0.483. The van der Waals surface area contributed by atoms with Crippen molar-refractivity contribution in [3.63, 3.8) is 0 Å². The predicted octanol–water partition coefficient (Wildman–Crippen LogP) is 2.66. The number of rotatable bonds is 3. The Hall–Kier alpha value is -1.13. The van der Waals surface area contributed by atoms with Crippen LogP contribution in [0, 0.1) is 6.92 Å². The molecule has 0 bridgehead atoms. The van der Waals surface area contributed by atoms with Gasteiger partial charge in [0, 0.05) is 0 Å². The maximum atomic E-state index is 10.9. The zero-order valence-electron chi connectivity index (χ0n) is 8.77. The van der Waals surface area contributed by atoms with E-state index in [1.807, 2.05) is 26.0 Å². The van der Waals surface area contributed by atoms with Crippen molar-refractivity contribution >= 4 is 16.2 Å². The second-order valence-electron chi connectivity index (χ2n) is 3.30. The van der Waals surface area contributed by atoms with Gasteiger partial charge in [0.25, 0.3) is 10.1 Å². The number of hydrogen-bond donors (Lipinski definition) is 1. The zero-order valence-corrected chi connectivity index (χ0v) is 9.58. The summed E-state index contributed by atoms with van der Waals surface area (Å²) >= 11 is 0. The Balaban J connectivity index is 3.23. The van der Waals surface area contributed by atoms with E-state index in [4.69, 9.17) is 4.55 Å². The fraction of sp³-hybridized carbons (Fsp3) is 0.273. The van der Waals surface area contributed by atoms with Crippen molar-refractivity contribution in [2.24, 2.45) is 0 Å². The predicted molar refractivity (Wildman–Crippen MR) is 60.3 cm³/mol. The summed E-state index contributed by atoms with van der Waals surface area (Å²) in [6.45, 7) is 3.89. The summed E-state index contributed by atoms with van der Waals surface area (Å²) in [5.74, 6) is 0. The maximum absolute atomic E-state index is 10.9. The van der Waals surface area contributed by atoms with E-state index < -0.39 is 10.1 Å². The second-order valence-corrected chi connectivity index (χ2v) is 4.73. The molecule has 0 aromatic heterocycles. The fourth-order valence-electron chi connectivity index (χ4n) is 1.20. The van der Waals surface area contributed by atoms with Crippen LogP contribution in [0.25, 0.3) is 6.08 Å². The number of allylic oxidation sites excluding steroid dienone is 1. The minimum atomic E-state index is -4.10. The van der Waals surface area contributed by atoms with Crippen LogP contribution in [-0.2, 0) is 10.1 Å². The molecule has 0 aliphatic carbocycles. The second kappa shape index (κ2) is 4.59. The van der Waals surface area contributed by atoms with Crippen molar-refractivity contribution in [1.82, 2.24) is 0 Å². The van der Waals surface area contributed by atoms with E-state index in [1.165, 1.54) is 12.1 Å². The van der Waals surface area contributed by atoms with Crippen LogP contribution in [0.2, 0.25) is 0 Å². The highest BCUT2D eigenvalue weighted by Gasteiger charge is 2.09. The first kappa shape index (κ1) is 11.9. The number of hydrogen-bond acceptors (Lipinski definition) is 2. The first-order valence-corrected chi connectivity index (χ1v) is 6.14. The van der Waals surface area contributed by atoms with Crippen LogP contribution in [0.15, 0.2) is 29.2 Å². The first-order valence-electron chi connectivity index (χ1n) is 4.70. The smallest absolute Gasteiger partial charge is 0.282 e. The number of aryl methyl sites for hydroxylation is 1. The minimum absolute atomic E-state index is 0.0659. The molecule has 0 atom stereocenters. The Morgan fingerprint density at radius 1 is 1.40 bits per heavy atom. The van der Waals surface area contributed by atoms with E-state index in [2.05, 4.69) is 0 Å². The molecule has 0 amide bonds. The third kappa shape index (κ3) is 3.18. The van der Waals surface area contributed by atoms with Crippen molar-refractivity contribution in [1.29, 1.82) is 0 Å². The van der Waals surface area contributed by atoms with Crippen LogP contribution >= 0.6 is 0 Å². The summed E-state index contributed by atoms with van der Waals surface area (Å²) in [7, 11) is -4.10. The lowest BCUT2D eigenvalue weighted by Gasteiger charge is -2.02. The van der Waals surface area contributed by atoms with Crippen LogP contribution in [0.4, 0.5) is 0 Å². The number of benzene rings is 1. The summed E-state index contributed by atoms with van der Waals surface area (Å²) in [6.07, 6.45) is 4.68. The van der Waals surface area contributed by atoms with Gasteiger partial charge in [-0.05, 0) is 36.6 Å². The van der Waals surface area contributed by atoms with Gasteiger partial charge in [0.2, 0.25) is 0 Å². The molecule has 1 N–H and O–H groups in total. The van der Waals surface area contributed by atoms with Gasteiger partial charge in [0.15, 0.2) is 0 Å². The molecule has 1 aromatic carbocycles. The van der Waals surface area contributed by atoms with E-state index in [1.54, 1.807) is 6.07 Å². The fourth-order valence-corrected chi connectivity index (χ4v) is 1.72. The molecule has 1 rings (SSSR count). The standard InChI is InChI=1S/C11H14O3S/c1-3-4-5-10-8-11(15(12,13)14)7-6-9(10)2/h4-8H,3H2,1-2H3,(H,12,13,14). The van der Waals surface area contributed by atoms with Gasteiger partial charge in [0.1, 0.15) is 0 Å². The third-order valence-electron chi connectivity index (χ3n) is 2.08. The highest BCUT2D eigenvalue weighted by molar-refractivity contribution is 7.85. The van der Waals surface area contributed by atoms with Gasteiger partial charge in [0.05, 0.1) is 4.90 Å².